The number of nitrogens with zero attached hydrogens (tertiary/aromatic N) is 2. The Morgan fingerprint density at radius 1 is 1.12 bits per heavy atom. The van der Waals surface area contributed by atoms with Crippen molar-refractivity contribution >= 4 is 23.5 Å². The quantitative estimate of drug-likeness (QED) is 0.449. The highest BCUT2D eigenvalue weighted by molar-refractivity contribution is 5.92. The Morgan fingerprint density at radius 2 is 1.85 bits per heavy atom. The van der Waals surface area contributed by atoms with Crippen molar-refractivity contribution in [1.29, 1.82) is 0 Å². The fourth-order valence-corrected chi connectivity index (χ4v) is 5.60. The summed E-state index contributed by atoms with van der Waals surface area (Å²) < 4.78 is 6.53. The molecule has 1 saturated carbocycles. The molecule has 222 valence electrons. The molecule has 0 radical (unpaired) electrons. The van der Waals surface area contributed by atoms with Gasteiger partial charge < -0.3 is 30.3 Å². The van der Waals surface area contributed by atoms with Crippen LogP contribution in [-0.4, -0.2) is 77.7 Å². The predicted octanol–water partition coefficient (Wildman–Crippen LogP) is 3.99. The lowest BCUT2D eigenvalue weighted by atomic mass is 9.96. The van der Waals surface area contributed by atoms with Gasteiger partial charge in [0, 0.05) is 36.8 Å². The molecule has 3 atom stereocenters. The number of aliphatic hydroxyl groups excluding tert-OH is 1. The number of likely N-dealkylation sites (N-methyl/N-ethyl adjacent to an activating group) is 1. The standard InChI is InChI=1S/C32H44N4O5/c1-22-19-36(23(2)21-37)31(39)18-25-17-27(33-30(38)16-24-10-6-4-7-11-24)14-15-28(25)41-29(22)20-35(3)32(40)34-26-12-8-5-9-13-26/h4,6-7,10-11,14-15,17,22-23,26,29,37H,5,8-9,12-13,16,18-21H2,1-3H3,(H,33,38)(H,34,40)/t22-,23-,29+/m0/s1. The maximum atomic E-state index is 13.5. The number of benzene rings is 2. The minimum absolute atomic E-state index is 0.0690. The van der Waals surface area contributed by atoms with Crippen molar-refractivity contribution in [1.82, 2.24) is 15.1 Å². The van der Waals surface area contributed by atoms with Crippen LogP contribution in [0.5, 0.6) is 5.75 Å². The topological polar surface area (TPSA) is 111 Å². The molecule has 3 N–H and O–H groups in total. The summed E-state index contributed by atoms with van der Waals surface area (Å²) in [5, 5.41) is 16.0. The largest absolute Gasteiger partial charge is 0.488 e. The predicted molar refractivity (Wildman–Crippen MR) is 159 cm³/mol. The molecule has 2 aromatic carbocycles. The van der Waals surface area contributed by atoms with Crippen LogP contribution in [-0.2, 0) is 22.4 Å². The average Bonchev–Trinajstić information content (AvgIpc) is 3.01. The van der Waals surface area contributed by atoms with E-state index in [2.05, 4.69) is 10.6 Å². The number of nitrogens with one attached hydrogen (secondary N) is 2. The third-order valence-electron chi connectivity index (χ3n) is 8.14. The first-order valence-corrected chi connectivity index (χ1v) is 14.8. The highest BCUT2D eigenvalue weighted by Gasteiger charge is 2.32. The van der Waals surface area contributed by atoms with Crippen LogP contribution in [0.15, 0.2) is 48.5 Å². The molecule has 9 heteroatoms. The van der Waals surface area contributed by atoms with E-state index in [1.165, 1.54) is 6.42 Å². The molecule has 1 fully saturated rings. The summed E-state index contributed by atoms with van der Waals surface area (Å²) in [4.78, 5) is 42.5. The maximum Gasteiger partial charge on any atom is 0.317 e. The van der Waals surface area contributed by atoms with E-state index in [0.29, 0.717) is 30.1 Å². The van der Waals surface area contributed by atoms with Gasteiger partial charge in [-0.1, -0.05) is 56.5 Å². The molecule has 0 saturated heterocycles. The summed E-state index contributed by atoms with van der Waals surface area (Å²) in [5.74, 6) is 0.157. The van der Waals surface area contributed by atoms with Crippen LogP contribution in [0.3, 0.4) is 0 Å². The van der Waals surface area contributed by atoms with Crippen molar-refractivity contribution < 1.29 is 24.2 Å². The molecule has 0 aromatic heterocycles. The molecule has 1 heterocycles. The lowest BCUT2D eigenvalue weighted by molar-refractivity contribution is -0.134. The van der Waals surface area contributed by atoms with Crippen LogP contribution in [0.25, 0.3) is 0 Å². The van der Waals surface area contributed by atoms with Gasteiger partial charge in [-0.25, -0.2) is 4.79 Å². The molecule has 2 aromatic rings. The van der Waals surface area contributed by atoms with Crippen molar-refractivity contribution in [2.75, 3.05) is 32.1 Å². The number of hydrogen-bond donors (Lipinski definition) is 3. The van der Waals surface area contributed by atoms with Gasteiger partial charge in [-0.3, -0.25) is 9.59 Å². The van der Waals surface area contributed by atoms with E-state index in [9.17, 15) is 19.5 Å². The van der Waals surface area contributed by atoms with Crippen molar-refractivity contribution in [3.05, 3.63) is 59.7 Å². The molecule has 1 aliphatic carbocycles. The smallest absolute Gasteiger partial charge is 0.317 e. The molecule has 0 bridgehead atoms. The van der Waals surface area contributed by atoms with Gasteiger partial charge in [-0.05, 0) is 43.5 Å². The van der Waals surface area contributed by atoms with Gasteiger partial charge in [0.2, 0.25) is 11.8 Å². The van der Waals surface area contributed by atoms with Crippen molar-refractivity contribution in [2.45, 2.75) is 77.0 Å². The summed E-state index contributed by atoms with van der Waals surface area (Å²) in [6.45, 7) is 4.40. The summed E-state index contributed by atoms with van der Waals surface area (Å²) in [6.07, 6.45) is 5.41. The Bertz CT molecular complexity index is 1180. The Kier molecular flexibility index (Phi) is 10.6. The molecule has 1 aliphatic heterocycles. The Hall–Kier alpha value is -3.59. The normalized spacial score (nSPS) is 20.5. The monoisotopic (exact) mass is 564 g/mol. The number of carbonyl (C=O) groups excluding carboxylic acids is 3. The minimum Gasteiger partial charge on any atom is -0.488 e. The zero-order valence-corrected chi connectivity index (χ0v) is 24.5. The molecule has 41 heavy (non-hydrogen) atoms. The Labute approximate surface area is 243 Å². The van der Waals surface area contributed by atoms with Crippen LogP contribution < -0.4 is 15.4 Å². The van der Waals surface area contributed by atoms with Gasteiger partial charge >= 0.3 is 6.03 Å². The van der Waals surface area contributed by atoms with Gasteiger partial charge in [0.05, 0.1) is 32.0 Å². The van der Waals surface area contributed by atoms with Crippen LogP contribution in [0.2, 0.25) is 0 Å². The Balaban J connectivity index is 1.53. The van der Waals surface area contributed by atoms with Crippen LogP contribution in [0.4, 0.5) is 10.5 Å². The summed E-state index contributed by atoms with van der Waals surface area (Å²) in [7, 11) is 1.77. The number of hydrogen-bond acceptors (Lipinski definition) is 5. The van der Waals surface area contributed by atoms with E-state index < -0.39 is 6.10 Å². The molecular formula is C32H44N4O5. The zero-order chi connectivity index (χ0) is 29.4. The highest BCUT2D eigenvalue weighted by Crippen LogP contribution is 2.29. The number of urea groups is 1. The first kappa shape index (κ1) is 30.4. The third-order valence-corrected chi connectivity index (χ3v) is 8.14. The van der Waals surface area contributed by atoms with E-state index in [1.807, 2.05) is 44.2 Å². The number of fused-ring (bicyclic) bond motifs is 1. The van der Waals surface area contributed by atoms with E-state index in [0.717, 1.165) is 31.2 Å². The molecule has 2 aliphatic rings. The second-order valence-corrected chi connectivity index (χ2v) is 11.6. The molecular weight excluding hydrogens is 520 g/mol. The molecule has 9 nitrogen and oxygen atoms in total. The highest BCUT2D eigenvalue weighted by atomic mass is 16.5. The van der Waals surface area contributed by atoms with Crippen molar-refractivity contribution in [3.8, 4) is 5.75 Å². The van der Waals surface area contributed by atoms with Gasteiger partial charge in [0.25, 0.3) is 0 Å². The van der Waals surface area contributed by atoms with Crippen molar-refractivity contribution in [2.24, 2.45) is 5.92 Å². The van der Waals surface area contributed by atoms with E-state index in [4.69, 9.17) is 4.74 Å². The van der Waals surface area contributed by atoms with Crippen LogP contribution >= 0.6 is 0 Å². The van der Waals surface area contributed by atoms with Gasteiger partial charge in [0.1, 0.15) is 11.9 Å². The van der Waals surface area contributed by atoms with Crippen LogP contribution in [0.1, 0.15) is 57.1 Å². The number of carbonyl (C=O) groups is 3. The zero-order valence-electron chi connectivity index (χ0n) is 24.5. The number of anilines is 1. The lowest BCUT2D eigenvalue weighted by Gasteiger charge is -2.34. The molecule has 0 unspecified atom stereocenters. The number of ether oxygens (including phenoxy) is 1. The average molecular weight is 565 g/mol. The maximum absolute atomic E-state index is 13.5. The molecule has 4 rings (SSSR count). The minimum atomic E-state index is -0.395. The second kappa shape index (κ2) is 14.3. The van der Waals surface area contributed by atoms with Crippen LogP contribution in [0, 0.1) is 5.92 Å². The molecule has 0 spiro atoms. The fourth-order valence-electron chi connectivity index (χ4n) is 5.60. The van der Waals surface area contributed by atoms with E-state index in [1.54, 1.807) is 35.0 Å². The van der Waals surface area contributed by atoms with E-state index in [-0.39, 0.29) is 55.3 Å². The molecule has 4 amide bonds. The summed E-state index contributed by atoms with van der Waals surface area (Å²) in [5.41, 5.74) is 2.14. The fraction of sp³-hybridized carbons (Fsp3) is 0.531. The van der Waals surface area contributed by atoms with E-state index >= 15 is 0 Å². The summed E-state index contributed by atoms with van der Waals surface area (Å²) in [6, 6.07) is 14.6. The van der Waals surface area contributed by atoms with Gasteiger partial charge in [-0.15, -0.1) is 0 Å². The Morgan fingerprint density at radius 3 is 2.56 bits per heavy atom. The number of aliphatic hydroxyl groups is 1. The van der Waals surface area contributed by atoms with Gasteiger partial charge in [-0.2, -0.15) is 0 Å². The van der Waals surface area contributed by atoms with Gasteiger partial charge in [0.15, 0.2) is 0 Å². The number of amides is 4. The first-order valence-electron chi connectivity index (χ1n) is 14.8. The third kappa shape index (κ3) is 8.45. The first-order chi connectivity index (χ1) is 19.7. The second-order valence-electron chi connectivity index (χ2n) is 11.6. The SMILES string of the molecule is C[C@H]1CN([C@@H](C)CO)C(=O)Cc2cc(NC(=O)Cc3ccccc3)ccc2O[C@@H]1CN(C)C(=O)NC1CCCCC1. The lowest BCUT2D eigenvalue weighted by Crippen LogP contribution is -2.50. The van der Waals surface area contributed by atoms with Crippen molar-refractivity contribution in [3.63, 3.8) is 0 Å². The number of rotatable bonds is 8. The summed E-state index contributed by atoms with van der Waals surface area (Å²) >= 11 is 0.